The fraction of sp³-hybridized carbons (Fsp3) is 0.259. The molecule has 0 aliphatic carbocycles. The summed E-state index contributed by atoms with van der Waals surface area (Å²) >= 11 is 7.92. The van der Waals surface area contributed by atoms with Gasteiger partial charge in [-0.25, -0.2) is 13.1 Å². The molecule has 3 aromatic carbocycles. The summed E-state index contributed by atoms with van der Waals surface area (Å²) in [4.78, 5) is 2.42. The van der Waals surface area contributed by atoms with Crippen molar-refractivity contribution in [2.45, 2.75) is 24.5 Å². The highest BCUT2D eigenvalue weighted by Crippen LogP contribution is 2.39. The maximum Gasteiger partial charge on any atom is 0.247 e. The Kier molecular flexibility index (Phi) is 7.05. The molecule has 3 heterocycles. The highest BCUT2D eigenvalue weighted by atomic mass is 35.5. The molecule has 0 radical (unpaired) electrons. The van der Waals surface area contributed by atoms with Crippen molar-refractivity contribution >= 4 is 39.1 Å². The Hall–Kier alpha value is -3.05. The van der Waals surface area contributed by atoms with Gasteiger partial charge in [-0.15, -0.1) is 5.10 Å². The summed E-state index contributed by atoms with van der Waals surface area (Å²) in [6.07, 6.45) is 1.78. The first-order valence-electron chi connectivity index (χ1n) is 12.3. The minimum Gasteiger partial charge on any atom is -0.456 e. The molecule has 38 heavy (non-hydrogen) atoms. The lowest BCUT2D eigenvalue weighted by Gasteiger charge is -2.30. The van der Waals surface area contributed by atoms with E-state index >= 15 is 0 Å². The predicted octanol–water partition coefficient (Wildman–Crippen LogP) is 5.03. The number of thioether (sulfide) groups is 1. The summed E-state index contributed by atoms with van der Waals surface area (Å²) in [5.74, 6) is 3.08. The zero-order valence-corrected chi connectivity index (χ0v) is 22.9. The highest BCUT2D eigenvalue weighted by molar-refractivity contribution is 7.99. The maximum absolute atomic E-state index is 14.0. The summed E-state index contributed by atoms with van der Waals surface area (Å²) in [6.45, 7) is 2.60. The Morgan fingerprint density at radius 1 is 0.947 bits per heavy atom. The fourth-order valence-corrected chi connectivity index (χ4v) is 7.17. The fourth-order valence-electron chi connectivity index (χ4n) is 4.66. The van der Waals surface area contributed by atoms with E-state index in [0.29, 0.717) is 28.8 Å². The molecule has 8 nitrogen and oxygen atoms in total. The van der Waals surface area contributed by atoms with Crippen molar-refractivity contribution in [3.63, 3.8) is 0 Å². The van der Waals surface area contributed by atoms with Gasteiger partial charge in [0.15, 0.2) is 0 Å². The van der Waals surface area contributed by atoms with E-state index in [1.165, 1.54) is 4.31 Å². The number of para-hydroxylation sites is 1. The number of rotatable bonds is 5. The molecule has 0 N–H and O–H groups in total. The van der Waals surface area contributed by atoms with Crippen molar-refractivity contribution < 1.29 is 13.2 Å². The van der Waals surface area contributed by atoms with Gasteiger partial charge in [-0.3, -0.25) is 0 Å². The smallest absolute Gasteiger partial charge is 0.247 e. The largest absolute Gasteiger partial charge is 0.456 e. The second kappa shape index (κ2) is 10.6. The van der Waals surface area contributed by atoms with Crippen molar-refractivity contribution in [3.05, 3.63) is 94.8 Å². The third-order valence-electron chi connectivity index (χ3n) is 6.64. The molecular formula is C27H26ClN5O3S2. The van der Waals surface area contributed by atoms with Gasteiger partial charge in [0, 0.05) is 53.5 Å². The van der Waals surface area contributed by atoms with Crippen LogP contribution in [0.3, 0.4) is 0 Å². The van der Waals surface area contributed by atoms with Crippen LogP contribution in [0.2, 0.25) is 5.02 Å². The zero-order valence-electron chi connectivity index (χ0n) is 20.5. The van der Waals surface area contributed by atoms with Crippen LogP contribution in [0.25, 0.3) is 0 Å². The molecule has 0 atom stereocenters. The van der Waals surface area contributed by atoms with Crippen LogP contribution in [0.4, 0.5) is 5.69 Å². The van der Waals surface area contributed by atoms with Gasteiger partial charge in [0.2, 0.25) is 10.0 Å². The number of anilines is 1. The van der Waals surface area contributed by atoms with Crippen molar-refractivity contribution in [1.82, 2.24) is 19.3 Å². The molecule has 0 spiro atoms. The van der Waals surface area contributed by atoms with Crippen LogP contribution in [0.1, 0.15) is 16.8 Å². The average Bonchev–Trinajstić information content (AvgIpc) is 3.37. The van der Waals surface area contributed by atoms with E-state index in [0.717, 1.165) is 41.4 Å². The van der Waals surface area contributed by atoms with Crippen LogP contribution in [-0.4, -0.2) is 52.3 Å². The number of fused-ring (bicyclic) bond motifs is 2. The SMILES string of the molecule is O=S1(=O)c2ccc(N3CCSCC3)cc2Oc2ccccc2CN1Cc1cn(Cc2ccc(Cl)cc2)nn1. The van der Waals surface area contributed by atoms with Crippen LogP contribution >= 0.6 is 23.4 Å². The number of aromatic nitrogens is 3. The molecule has 0 amide bonds. The highest BCUT2D eigenvalue weighted by Gasteiger charge is 2.33. The monoisotopic (exact) mass is 567 g/mol. The Morgan fingerprint density at radius 2 is 1.74 bits per heavy atom. The molecule has 196 valence electrons. The van der Waals surface area contributed by atoms with E-state index in [4.69, 9.17) is 16.3 Å². The standard InChI is InChI=1S/C27H26ClN5O3S2/c28-22-7-5-20(6-8-22)16-32-18-23(29-30-32)19-33-17-21-3-1-2-4-25(21)36-26-15-24(31-11-13-37-14-12-31)9-10-27(26)38(33,34)35/h1-10,15,18H,11-14,16-17,19H2. The number of benzene rings is 3. The topological polar surface area (TPSA) is 80.6 Å². The molecule has 0 bridgehead atoms. The first kappa shape index (κ1) is 25.2. The number of sulfonamides is 1. The summed E-state index contributed by atoms with van der Waals surface area (Å²) in [5.41, 5.74) is 3.34. The third-order valence-corrected chi connectivity index (χ3v) is 9.67. The molecule has 2 aliphatic rings. The second-order valence-corrected chi connectivity index (χ2v) is 12.8. The predicted molar refractivity (Wildman–Crippen MR) is 150 cm³/mol. The normalized spacial score (nSPS) is 17.1. The van der Waals surface area contributed by atoms with E-state index < -0.39 is 10.0 Å². The number of ether oxygens (including phenoxy) is 1. The van der Waals surface area contributed by atoms with Crippen molar-refractivity contribution in [2.24, 2.45) is 0 Å². The molecule has 6 rings (SSSR count). The lowest BCUT2D eigenvalue weighted by molar-refractivity contribution is 0.371. The van der Waals surface area contributed by atoms with Gasteiger partial charge in [-0.05, 0) is 35.9 Å². The van der Waals surface area contributed by atoms with Gasteiger partial charge < -0.3 is 9.64 Å². The van der Waals surface area contributed by atoms with Gasteiger partial charge in [-0.1, -0.05) is 47.1 Å². The van der Waals surface area contributed by atoms with Crippen LogP contribution in [-0.2, 0) is 29.7 Å². The van der Waals surface area contributed by atoms with Gasteiger partial charge >= 0.3 is 0 Å². The summed E-state index contributed by atoms with van der Waals surface area (Å²) in [5, 5.41) is 9.16. The number of hydrogen-bond donors (Lipinski definition) is 0. The first-order valence-corrected chi connectivity index (χ1v) is 15.3. The van der Waals surface area contributed by atoms with Crippen LogP contribution in [0, 0.1) is 0 Å². The third kappa shape index (κ3) is 5.26. The number of halogens is 1. The van der Waals surface area contributed by atoms with Gasteiger partial charge in [0.1, 0.15) is 16.4 Å². The Balaban J connectivity index is 1.32. The Morgan fingerprint density at radius 3 is 2.55 bits per heavy atom. The summed E-state index contributed by atoms with van der Waals surface area (Å²) in [7, 11) is -3.89. The molecule has 11 heteroatoms. The van der Waals surface area contributed by atoms with Gasteiger partial charge in [-0.2, -0.15) is 16.1 Å². The van der Waals surface area contributed by atoms with Gasteiger partial charge in [0.05, 0.1) is 25.0 Å². The molecule has 0 saturated carbocycles. The lowest BCUT2D eigenvalue weighted by atomic mass is 10.2. The Labute approximate surface area is 231 Å². The van der Waals surface area contributed by atoms with Crippen LogP contribution in [0.15, 0.2) is 77.8 Å². The van der Waals surface area contributed by atoms with Crippen molar-refractivity contribution in [1.29, 1.82) is 0 Å². The molecule has 1 fully saturated rings. The van der Waals surface area contributed by atoms with E-state index in [2.05, 4.69) is 15.2 Å². The van der Waals surface area contributed by atoms with E-state index in [9.17, 15) is 8.42 Å². The summed E-state index contributed by atoms with van der Waals surface area (Å²) in [6, 6.07) is 20.5. The zero-order chi connectivity index (χ0) is 26.1. The molecule has 4 aromatic rings. The number of nitrogens with zero attached hydrogens (tertiary/aromatic N) is 5. The van der Waals surface area contributed by atoms with E-state index in [1.54, 1.807) is 16.9 Å². The van der Waals surface area contributed by atoms with Crippen LogP contribution < -0.4 is 9.64 Å². The molecule has 0 unspecified atom stereocenters. The second-order valence-electron chi connectivity index (χ2n) is 9.25. The quantitative estimate of drug-likeness (QED) is 0.334. The first-order chi connectivity index (χ1) is 18.5. The number of hydrogen-bond acceptors (Lipinski definition) is 7. The van der Waals surface area contributed by atoms with Crippen LogP contribution in [0.5, 0.6) is 11.5 Å². The molecule has 1 aromatic heterocycles. The lowest BCUT2D eigenvalue weighted by Crippen LogP contribution is -2.33. The average molecular weight is 568 g/mol. The molecule has 2 aliphatic heterocycles. The summed E-state index contributed by atoms with van der Waals surface area (Å²) < 4.78 is 37.3. The molecule has 1 saturated heterocycles. The minimum atomic E-state index is -3.89. The van der Waals surface area contributed by atoms with Gasteiger partial charge in [0.25, 0.3) is 0 Å². The molecular weight excluding hydrogens is 542 g/mol. The van der Waals surface area contributed by atoms with Crippen molar-refractivity contribution in [3.8, 4) is 11.5 Å². The minimum absolute atomic E-state index is 0.0851. The Bertz CT molecular complexity index is 1550. The van der Waals surface area contributed by atoms with E-state index in [-0.39, 0.29) is 18.0 Å². The van der Waals surface area contributed by atoms with E-state index in [1.807, 2.05) is 72.4 Å². The van der Waals surface area contributed by atoms with Crippen molar-refractivity contribution in [2.75, 3.05) is 29.5 Å². The maximum atomic E-state index is 14.0.